The maximum atomic E-state index is 11.5. The third-order valence-electron chi connectivity index (χ3n) is 2.22. The molecule has 0 amide bonds. The second-order valence-corrected chi connectivity index (χ2v) is 3.33. The number of carbonyl (C=O) groups excluding carboxylic acids is 1. The van der Waals surface area contributed by atoms with Crippen molar-refractivity contribution in [1.29, 1.82) is 0 Å². The molecule has 0 aromatic heterocycles. The molecule has 0 atom stereocenters. The second kappa shape index (κ2) is 5.55. The van der Waals surface area contributed by atoms with Crippen LogP contribution >= 0.6 is 0 Å². The van der Waals surface area contributed by atoms with Crippen molar-refractivity contribution in [3.05, 3.63) is 35.5 Å². The fraction of sp³-hybridized carbons (Fsp3) is 0.417. The van der Waals surface area contributed by atoms with Crippen molar-refractivity contribution in [2.24, 2.45) is 5.73 Å². The van der Waals surface area contributed by atoms with Gasteiger partial charge in [-0.25, -0.2) is 0 Å². The molecular weight excluding hydrogens is 174 g/mol. The average Bonchev–Trinajstić information content (AvgIpc) is 2.43. The lowest BCUT2D eigenvalue weighted by Crippen LogP contribution is -2.01. The molecule has 0 aromatic carbocycles. The smallest absolute Gasteiger partial charge is 0.162 e. The number of Topliss-reactive ketones (excluding diaryl/α,β-unsaturated/α-hetero) is 1. The summed E-state index contributed by atoms with van der Waals surface area (Å²) in [5.41, 5.74) is 7.47. The van der Waals surface area contributed by atoms with Crippen LogP contribution in [-0.2, 0) is 4.79 Å². The fourth-order valence-electron chi connectivity index (χ4n) is 1.44. The molecule has 2 nitrogen and oxygen atoms in total. The highest BCUT2D eigenvalue weighted by Crippen LogP contribution is 2.15. The van der Waals surface area contributed by atoms with Gasteiger partial charge in [0.2, 0.25) is 0 Å². The Morgan fingerprint density at radius 1 is 1.57 bits per heavy atom. The molecule has 1 aliphatic rings. The molecule has 1 rings (SSSR count). The molecule has 0 spiro atoms. The van der Waals surface area contributed by atoms with E-state index in [0.29, 0.717) is 13.0 Å². The highest BCUT2D eigenvalue weighted by molar-refractivity contribution is 5.98. The SMILES string of the molecule is CCC(=O)C1=CCC=CC(CCN)=C1. The van der Waals surface area contributed by atoms with Gasteiger partial charge in [-0.2, -0.15) is 0 Å². The first kappa shape index (κ1) is 10.9. The Hall–Kier alpha value is -1.15. The first-order chi connectivity index (χ1) is 6.77. The Labute approximate surface area is 85.2 Å². The molecule has 0 heterocycles. The normalized spacial score (nSPS) is 15.9. The summed E-state index contributed by atoms with van der Waals surface area (Å²) in [5.74, 6) is 0.211. The predicted octanol–water partition coefficient (Wildman–Crippen LogP) is 2.13. The quantitative estimate of drug-likeness (QED) is 0.739. The first-order valence-corrected chi connectivity index (χ1v) is 5.08. The zero-order valence-corrected chi connectivity index (χ0v) is 8.62. The van der Waals surface area contributed by atoms with Crippen LogP contribution in [0.5, 0.6) is 0 Å². The number of hydrogen-bond acceptors (Lipinski definition) is 2. The Morgan fingerprint density at radius 2 is 2.36 bits per heavy atom. The van der Waals surface area contributed by atoms with Gasteiger partial charge in [0.05, 0.1) is 0 Å². The van der Waals surface area contributed by atoms with Crippen LogP contribution in [0.4, 0.5) is 0 Å². The number of rotatable bonds is 4. The molecule has 0 bridgehead atoms. The fourth-order valence-corrected chi connectivity index (χ4v) is 1.44. The van der Waals surface area contributed by atoms with Gasteiger partial charge in [0.15, 0.2) is 5.78 Å². The van der Waals surface area contributed by atoms with E-state index in [1.165, 1.54) is 0 Å². The number of ketones is 1. The maximum absolute atomic E-state index is 11.5. The van der Waals surface area contributed by atoms with Crippen LogP contribution in [0.3, 0.4) is 0 Å². The van der Waals surface area contributed by atoms with E-state index in [1.807, 2.05) is 19.1 Å². The van der Waals surface area contributed by atoms with Crippen LogP contribution < -0.4 is 5.73 Å². The van der Waals surface area contributed by atoms with Crippen molar-refractivity contribution in [3.8, 4) is 0 Å². The molecule has 0 radical (unpaired) electrons. The molecule has 76 valence electrons. The summed E-state index contributed by atoms with van der Waals surface area (Å²) in [7, 11) is 0. The number of carbonyl (C=O) groups is 1. The lowest BCUT2D eigenvalue weighted by atomic mass is 10.0. The molecule has 0 aromatic rings. The minimum atomic E-state index is 0.211. The van der Waals surface area contributed by atoms with Gasteiger partial charge in [0.25, 0.3) is 0 Å². The van der Waals surface area contributed by atoms with Gasteiger partial charge < -0.3 is 5.73 Å². The van der Waals surface area contributed by atoms with Gasteiger partial charge in [-0.05, 0) is 31.0 Å². The van der Waals surface area contributed by atoms with Crippen molar-refractivity contribution in [1.82, 2.24) is 0 Å². The van der Waals surface area contributed by atoms with Gasteiger partial charge >= 0.3 is 0 Å². The molecule has 0 saturated heterocycles. The van der Waals surface area contributed by atoms with Gasteiger partial charge in [0.1, 0.15) is 0 Å². The van der Waals surface area contributed by atoms with Crippen LogP contribution in [0.1, 0.15) is 26.2 Å². The molecule has 0 saturated carbocycles. The summed E-state index contributed by atoms with van der Waals surface area (Å²) in [6.07, 6.45) is 10.3. The number of nitrogens with two attached hydrogens (primary N) is 1. The number of allylic oxidation sites excluding steroid dienone is 5. The molecule has 2 heteroatoms. The molecule has 0 fully saturated rings. The lowest BCUT2D eigenvalue weighted by Gasteiger charge is -2.00. The summed E-state index contributed by atoms with van der Waals surface area (Å²) in [6.45, 7) is 2.52. The average molecular weight is 191 g/mol. The molecule has 2 N–H and O–H groups in total. The highest BCUT2D eigenvalue weighted by Gasteiger charge is 2.06. The van der Waals surface area contributed by atoms with Crippen LogP contribution in [0, 0.1) is 0 Å². The largest absolute Gasteiger partial charge is 0.330 e. The summed E-state index contributed by atoms with van der Waals surface area (Å²) in [4.78, 5) is 11.5. The predicted molar refractivity (Wildman–Crippen MR) is 58.9 cm³/mol. The topological polar surface area (TPSA) is 43.1 Å². The van der Waals surface area contributed by atoms with E-state index in [-0.39, 0.29) is 5.78 Å². The van der Waals surface area contributed by atoms with E-state index in [9.17, 15) is 4.79 Å². The summed E-state index contributed by atoms with van der Waals surface area (Å²) < 4.78 is 0. The molecule has 14 heavy (non-hydrogen) atoms. The first-order valence-electron chi connectivity index (χ1n) is 5.08. The standard InChI is InChI=1S/C12H17NO/c1-2-12(14)11-6-4-3-5-10(9-11)7-8-13/h3,5-6,9H,2,4,7-8,13H2,1H3. The monoisotopic (exact) mass is 191 g/mol. The lowest BCUT2D eigenvalue weighted by molar-refractivity contribution is -0.115. The van der Waals surface area contributed by atoms with E-state index in [2.05, 4.69) is 12.2 Å². The van der Waals surface area contributed by atoms with Crippen LogP contribution in [0.15, 0.2) is 35.5 Å². The van der Waals surface area contributed by atoms with E-state index in [1.54, 1.807) is 0 Å². The van der Waals surface area contributed by atoms with E-state index >= 15 is 0 Å². The highest BCUT2D eigenvalue weighted by atomic mass is 16.1. The van der Waals surface area contributed by atoms with E-state index < -0.39 is 0 Å². The zero-order valence-electron chi connectivity index (χ0n) is 8.62. The van der Waals surface area contributed by atoms with Gasteiger partial charge in [0, 0.05) is 12.0 Å². The van der Waals surface area contributed by atoms with Crippen molar-refractivity contribution >= 4 is 5.78 Å². The maximum Gasteiger partial charge on any atom is 0.162 e. The van der Waals surface area contributed by atoms with Crippen molar-refractivity contribution in [2.45, 2.75) is 26.2 Å². The molecule has 0 aliphatic heterocycles. The summed E-state index contributed by atoms with van der Waals surface area (Å²) in [6, 6.07) is 0. The van der Waals surface area contributed by atoms with Crippen molar-refractivity contribution in [3.63, 3.8) is 0 Å². The van der Waals surface area contributed by atoms with Gasteiger partial charge in [-0.15, -0.1) is 0 Å². The minimum Gasteiger partial charge on any atom is -0.330 e. The summed E-state index contributed by atoms with van der Waals surface area (Å²) >= 11 is 0. The van der Waals surface area contributed by atoms with E-state index in [4.69, 9.17) is 5.73 Å². The van der Waals surface area contributed by atoms with Crippen molar-refractivity contribution in [2.75, 3.05) is 6.54 Å². The van der Waals surface area contributed by atoms with Crippen molar-refractivity contribution < 1.29 is 4.79 Å². The van der Waals surface area contributed by atoms with E-state index in [0.717, 1.165) is 24.0 Å². The molecular formula is C12H17NO. The second-order valence-electron chi connectivity index (χ2n) is 3.33. The summed E-state index contributed by atoms with van der Waals surface area (Å²) in [5, 5.41) is 0. The van der Waals surface area contributed by atoms with Crippen LogP contribution in [-0.4, -0.2) is 12.3 Å². The Balaban J connectivity index is 2.81. The van der Waals surface area contributed by atoms with Gasteiger partial charge in [-0.1, -0.05) is 25.2 Å². The van der Waals surface area contributed by atoms with Crippen LogP contribution in [0.25, 0.3) is 0 Å². The zero-order chi connectivity index (χ0) is 10.4. The molecule has 1 aliphatic carbocycles. The third-order valence-corrected chi connectivity index (χ3v) is 2.22. The van der Waals surface area contributed by atoms with Crippen LogP contribution in [0.2, 0.25) is 0 Å². The number of hydrogen-bond donors (Lipinski definition) is 1. The molecule has 0 unspecified atom stereocenters. The Morgan fingerprint density at radius 3 is 3.00 bits per heavy atom. The Kier molecular flexibility index (Phi) is 4.33. The minimum absolute atomic E-state index is 0.211. The van der Waals surface area contributed by atoms with Gasteiger partial charge in [-0.3, -0.25) is 4.79 Å². The third kappa shape index (κ3) is 2.96. The Bertz CT molecular complexity index is 297.